The molecule has 3 N–H and O–H groups in total. The van der Waals surface area contributed by atoms with Crippen molar-refractivity contribution in [2.24, 2.45) is 5.73 Å². The summed E-state index contributed by atoms with van der Waals surface area (Å²) in [5.41, 5.74) is 6.07. The summed E-state index contributed by atoms with van der Waals surface area (Å²) in [6.45, 7) is 3.65. The van der Waals surface area contributed by atoms with E-state index in [1.165, 1.54) is 0 Å². The Morgan fingerprint density at radius 2 is 2.15 bits per heavy atom. The lowest BCUT2D eigenvalue weighted by Crippen LogP contribution is -2.18. The average molecular weight is 208 g/mol. The summed E-state index contributed by atoms with van der Waals surface area (Å²) < 4.78 is 0. The van der Waals surface area contributed by atoms with E-state index in [1.807, 2.05) is 0 Å². The minimum Gasteiger partial charge on any atom is -0.478 e. The largest absolute Gasteiger partial charge is 0.478 e. The van der Waals surface area contributed by atoms with E-state index in [2.05, 4.69) is 6.92 Å². The quantitative estimate of drug-likeness (QED) is 0.678. The van der Waals surface area contributed by atoms with Gasteiger partial charge in [0.05, 0.1) is 0 Å². The summed E-state index contributed by atoms with van der Waals surface area (Å²) in [6.07, 6.45) is 4.33. The van der Waals surface area contributed by atoms with E-state index in [4.69, 9.17) is 10.8 Å². The average Bonchev–Trinajstić information content (AvgIpc) is 2.00. The van der Waals surface area contributed by atoms with Gasteiger partial charge in [0.1, 0.15) is 0 Å². The fraction of sp³-hybridized carbons (Fsp3) is 0.667. The first-order chi connectivity index (χ1) is 5.57. The maximum Gasteiger partial charge on any atom is 0.330 e. The Labute approximate surface area is 85.4 Å². The van der Waals surface area contributed by atoms with Crippen molar-refractivity contribution >= 4 is 18.4 Å². The number of aliphatic carboxylic acids is 1. The van der Waals surface area contributed by atoms with E-state index in [0.717, 1.165) is 12.8 Å². The number of hydrogen-bond donors (Lipinski definition) is 2. The number of halogens is 1. The molecule has 0 amide bonds. The van der Waals surface area contributed by atoms with Crippen LogP contribution in [0.2, 0.25) is 0 Å². The number of carboxylic acid groups (broad SMARTS) is 1. The summed E-state index contributed by atoms with van der Waals surface area (Å²) in [5, 5.41) is 8.52. The molecule has 0 saturated heterocycles. The molecule has 0 radical (unpaired) electrons. The van der Waals surface area contributed by atoms with Crippen LogP contribution < -0.4 is 5.73 Å². The summed E-state index contributed by atoms with van der Waals surface area (Å²) >= 11 is 0. The van der Waals surface area contributed by atoms with Crippen LogP contribution in [0.15, 0.2) is 11.6 Å². The van der Waals surface area contributed by atoms with E-state index >= 15 is 0 Å². The SMILES string of the molecule is CCCC(N)CC=C(C)C(=O)O.Cl. The molecular weight excluding hydrogens is 190 g/mol. The van der Waals surface area contributed by atoms with Crippen molar-refractivity contribution in [1.82, 2.24) is 0 Å². The molecule has 0 rings (SSSR count). The van der Waals surface area contributed by atoms with Crippen molar-refractivity contribution in [3.63, 3.8) is 0 Å². The molecule has 1 atom stereocenters. The lowest BCUT2D eigenvalue weighted by atomic mass is 10.1. The Hall–Kier alpha value is -0.540. The van der Waals surface area contributed by atoms with Crippen LogP contribution >= 0.6 is 12.4 Å². The predicted octanol–water partition coefficient (Wildman–Crippen LogP) is 1.96. The zero-order valence-electron chi connectivity index (χ0n) is 8.12. The van der Waals surface area contributed by atoms with Gasteiger partial charge in [-0.05, 0) is 19.8 Å². The van der Waals surface area contributed by atoms with Crippen LogP contribution in [0.1, 0.15) is 33.1 Å². The van der Waals surface area contributed by atoms with Crippen LogP contribution in [0.5, 0.6) is 0 Å². The fourth-order valence-electron chi connectivity index (χ4n) is 0.904. The summed E-state index contributed by atoms with van der Waals surface area (Å²) in [7, 11) is 0. The number of nitrogens with two attached hydrogens (primary N) is 1. The fourth-order valence-corrected chi connectivity index (χ4v) is 0.904. The summed E-state index contributed by atoms with van der Waals surface area (Å²) in [5.74, 6) is -0.862. The normalized spacial score (nSPS) is 13.3. The molecular formula is C9H18ClNO2. The highest BCUT2D eigenvalue weighted by molar-refractivity contribution is 5.85. The molecule has 0 spiro atoms. The number of rotatable bonds is 5. The van der Waals surface area contributed by atoms with Gasteiger partial charge in [-0.15, -0.1) is 12.4 Å². The van der Waals surface area contributed by atoms with Gasteiger partial charge in [-0.2, -0.15) is 0 Å². The third-order valence-corrected chi connectivity index (χ3v) is 1.72. The van der Waals surface area contributed by atoms with Crippen molar-refractivity contribution in [2.45, 2.75) is 39.2 Å². The maximum atomic E-state index is 10.4. The van der Waals surface area contributed by atoms with E-state index in [1.54, 1.807) is 13.0 Å². The van der Waals surface area contributed by atoms with E-state index < -0.39 is 5.97 Å². The molecule has 13 heavy (non-hydrogen) atoms. The molecule has 0 saturated carbocycles. The van der Waals surface area contributed by atoms with Crippen LogP contribution in [0, 0.1) is 0 Å². The first-order valence-corrected chi connectivity index (χ1v) is 4.23. The number of hydrogen-bond acceptors (Lipinski definition) is 2. The molecule has 0 aromatic rings. The van der Waals surface area contributed by atoms with Gasteiger partial charge < -0.3 is 10.8 Å². The second kappa shape index (κ2) is 8.08. The zero-order chi connectivity index (χ0) is 9.56. The van der Waals surface area contributed by atoms with Crippen LogP contribution in [-0.4, -0.2) is 17.1 Å². The molecule has 0 aromatic carbocycles. The van der Waals surface area contributed by atoms with Gasteiger partial charge in [0.25, 0.3) is 0 Å². The van der Waals surface area contributed by atoms with E-state index in [0.29, 0.717) is 12.0 Å². The molecule has 0 heterocycles. The predicted molar refractivity (Wildman–Crippen MR) is 56.1 cm³/mol. The zero-order valence-corrected chi connectivity index (χ0v) is 8.93. The molecule has 78 valence electrons. The maximum absolute atomic E-state index is 10.4. The van der Waals surface area contributed by atoms with Gasteiger partial charge in [-0.25, -0.2) is 4.79 Å². The van der Waals surface area contributed by atoms with E-state index in [-0.39, 0.29) is 18.4 Å². The Morgan fingerprint density at radius 3 is 2.54 bits per heavy atom. The van der Waals surface area contributed by atoms with Gasteiger partial charge >= 0.3 is 5.97 Å². The van der Waals surface area contributed by atoms with Gasteiger partial charge in [-0.1, -0.05) is 19.4 Å². The first-order valence-electron chi connectivity index (χ1n) is 4.23. The minimum atomic E-state index is -0.862. The standard InChI is InChI=1S/C9H17NO2.ClH/c1-3-4-8(10)6-5-7(2)9(11)12;/h5,8H,3-4,6,10H2,1-2H3,(H,11,12);1H. The Kier molecular flexibility index (Phi) is 9.29. The van der Waals surface area contributed by atoms with Crippen molar-refractivity contribution in [3.05, 3.63) is 11.6 Å². The highest BCUT2D eigenvalue weighted by atomic mass is 35.5. The monoisotopic (exact) mass is 207 g/mol. The molecule has 0 fully saturated rings. The summed E-state index contributed by atoms with van der Waals surface area (Å²) in [4.78, 5) is 10.4. The first kappa shape index (κ1) is 15.0. The van der Waals surface area contributed by atoms with E-state index in [9.17, 15) is 4.79 Å². The van der Waals surface area contributed by atoms with Gasteiger partial charge in [0.15, 0.2) is 0 Å². The Morgan fingerprint density at radius 1 is 1.62 bits per heavy atom. The molecule has 0 bridgehead atoms. The molecule has 0 aliphatic heterocycles. The molecule has 0 aliphatic carbocycles. The third kappa shape index (κ3) is 7.81. The Bertz CT molecular complexity index is 180. The Balaban J connectivity index is 0. The van der Waals surface area contributed by atoms with Gasteiger partial charge in [0.2, 0.25) is 0 Å². The highest BCUT2D eigenvalue weighted by Gasteiger charge is 2.01. The molecule has 0 aliphatic rings. The van der Waals surface area contributed by atoms with Crippen molar-refractivity contribution in [1.29, 1.82) is 0 Å². The van der Waals surface area contributed by atoms with Crippen LogP contribution in [0.4, 0.5) is 0 Å². The topological polar surface area (TPSA) is 63.3 Å². The lowest BCUT2D eigenvalue weighted by Gasteiger charge is -2.06. The van der Waals surface area contributed by atoms with Crippen molar-refractivity contribution in [3.8, 4) is 0 Å². The minimum absolute atomic E-state index is 0. The molecule has 0 aromatic heterocycles. The molecule has 1 unspecified atom stereocenters. The van der Waals surface area contributed by atoms with Crippen LogP contribution in [0.3, 0.4) is 0 Å². The van der Waals surface area contributed by atoms with Crippen molar-refractivity contribution < 1.29 is 9.90 Å². The molecule has 3 nitrogen and oxygen atoms in total. The second-order valence-corrected chi connectivity index (χ2v) is 2.98. The number of carboxylic acids is 1. The number of carbonyl (C=O) groups is 1. The second-order valence-electron chi connectivity index (χ2n) is 2.98. The highest BCUT2D eigenvalue weighted by Crippen LogP contribution is 2.02. The van der Waals surface area contributed by atoms with Crippen LogP contribution in [0.25, 0.3) is 0 Å². The lowest BCUT2D eigenvalue weighted by molar-refractivity contribution is -0.132. The summed E-state index contributed by atoms with van der Waals surface area (Å²) in [6, 6.07) is 0.101. The van der Waals surface area contributed by atoms with Gasteiger partial charge in [-0.3, -0.25) is 0 Å². The van der Waals surface area contributed by atoms with Crippen LogP contribution in [-0.2, 0) is 4.79 Å². The third-order valence-electron chi connectivity index (χ3n) is 1.72. The molecule has 4 heteroatoms. The smallest absolute Gasteiger partial charge is 0.330 e. The van der Waals surface area contributed by atoms with Gasteiger partial charge in [0, 0.05) is 11.6 Å². The van der Waals surface area contributed by atoms with Crippen molar-refractivity contribution in [2.75, 3.05) is 0 Å².